The van der Waals surface area contributed by atoms with Crippen molar-refractivity contribution in [1.29, 1.82) is 0 Å². The largest absolute Gasteiger partial charge is 0.393 e. The van der Waals surface area contributed by atoms with E-state index < -0.39 is 0 Å². The first-order valence-electron chi connectivity index (χ1n) is 13.0. The van der Waals surface area contributed by atoms with E-state index >= 15 is 0 Å². The molecular formula is C27H48OS. The third kappa shape index (κ3) is 3.55. The summed E-state index contributed by atoms with van der Waals surface area (Å²) in [5.41, 5.74) is 0.917. The first-order valence-corrected chi connectivity index (χ1v) is 13.5. The highest BCUT2D eigenvalue weighted by Crippen LogP contribution is 2.70. The van der Waals surface area contributed by atoms with E-state index in [1.165, 1.54) is 64.2 Å². The van der Waals surface area contributed by atoms with Crippen molar-refractivity contribution in [2.24, 2.45) is 46.3 Å². The van der Waals surface area contributed by atoms with Crippen LogP contribution in [0.2, 0.25) is 0 Å². The molecule has 168 valence electrons. The van der Waals surface area contributed by atoms with Crippen LogP contribution in [0, 0.1) is 46.3 Å². The number of rotatable bonds is 5. The zero-order valence-corrected chi connectivity index (χ0v) is 20.8. The van der Waals surface area contributed by atoms with E-state index in [1.54, 1.807) is 0 Å². The third-order valence-corrected chi connectivity index (χ3v) is 12.3. The zero-order valence-electron chi connectivity index (χ0n) is 19.9. The highest BCUT2D eigenvalue weighted by Gasteiger charge is 2.64. The Hall–Kier alpha value is 0.310. The van der Waals surface area contributed by atoms with Gasteiger partial charge in [-0.15, -0.1) is 0 Å². The normalized spacial score (nSPS) is 50.7. The van der Waals surface area contributed by atoms with Crippen LogP contribution in [0.1, 0.15) is 112 Å². The smallest absolute Gasteiger partial charge is 0.0543 e. The van der Waals surface area contributed by atoms with Crippen molar-refractivity contribution < 1.29 is 5.11 Å². The van der Waals surface area contributed by atoms with Crippen LogP contribution in [0.5, 0.6) is 0 Å². The Morgan fingerprint density at radius 2 is 1.62 bits per heavy atom. The Bertz CT molecular complexity index is 589. The van der Waals surface area contributed by atoms with Crippen LogP contribution in [-0.4, -0.2) is 16.0 Å². The molecule has 2 heteroatoms. The monoisotopic (exact) mass is 420 g/mol. The van der Waals surface area contributed by atoms with Gasteiger partial charge in [-0.25, -0.2) is 0 Å². The van der Waals surface area contributed by atoms with Gasteiger partial charge >= 0.3 is 0 Å². The number of thiol groups is 1. The zero-order chi connectivity index (χ0) is 21.0. The molecule has 0 unspecified atom stereocenters. The van der Waals surface area contributed by atoms with Crippen LogP contribution in [-0.2, 0) is 0 Å². The molecule has 0 aliphatic heterocycles. The van der Waals surface area contributed by atoms with E-state index in [0.717, 1.165) is 48.3 Å². The number of aliphatic hydroxyl groups excluding tert-OH is 1. The fraction of sp³-hybridized carbons (Fsp3) is 1.00. The number of aliphatic hydroxyl groups is 1. The van der Waals surface area contributed by atoms with Gasteiger partial charge in [0.05, 0.1) is 6.10 Å². The van der Waals surface area contributed by atoms with Crippen LogP contribution in [0.4, 0.5) is 0 Å². The summed E-state index contributed by atoms with van der Waals surface area (Å²) in [5, 5.41) is 10.3. The van der Waals surface area contributed by atoms with Gasteiger partial charge in [0.1, 0.15) is 0 Å². The van der Waals surface area contributed by atoms with Gasteiger partial charge in [0.15, 0.2) is 0 Å². The minimum absolute atomic E-state index is 0.0262. The van der Waals surface area contributed by atoms with Crippen molar-refractivity contribution >= 4 is 12.6 Å². The molecule has 0 heterocycles. The van der Waals surface area contributed by atoms with Crippen molar-refractivity contribution in [1.82, 2.24) is 0 Å². The molecule has 4 fully saturated rings. The molecule has 9 atom stereocenters. The maximum atomic E-state index is 10.3. The molecule has 4 saturated carbocycles. The Morgan fingerprint density at radius 3 is 2.34 bits per heavy atom. The molecule has 0 aromatic rings. The molecule has 29 heavy (non-hydrogen) atoms. The number of hydrogen-bond donors (Lipinski definition) is 2. The van der Waals surface area contributed by atoms with E-state index in [4.69, 9.17) is 12.6 Å². The van der Waals surface area contributed by atoms with Gasteiger partial charge in [-0.2, -0.15) is 12.6 Å². The second kappa shape index (κ2) is 8.02. The van der Waals surface area contributed by atoms with Gasteiger partial charge < -0.3 is 5.11 Å². The summed E-state index contributed by atoms with van der Waals surface area (Å²) < 4.78 is 0.236. The van der Waals surface area contributed by atoms with E-state index in [0.29, 0.717) is 10.8 Å². The minimum Gasteiger partial charge on any atom is -0.393 e. The van der Waals surface area contributed by atoms with Gasteiger partial charge in [-0.3, -0.25) is 0 Å². The highest BCUT2D eigenvalue weighted by molar-refractivity contribution is 7.81. The lowest BCUT2D eigenvalue weighted by molar-refractivity contribution is -0.126. The van der Waals surface area contributed by atoms with Crippen molar-refractivity contribution in [2.75, 3.05) is 0 Å². The van der Waals surface area contributed by atoms with Crippen molar-refractivity contribution in [3.8, 4) is 0 Å². The predicted octanol–water partition coefficient (Wildman–Crippen LogP) is 7.52. The van der Waals surface area contributed by atoms with Gasteiger partial charge in [0.25, 0.3) is 0 Å². The van der Waals surface area contributed by atoms with E-state index in [-0.39, 0.29) is 10.9 Å². The minimum atomic E-state index is -0.0262. The van der Waals surface area contributed by atoms with Crippen molar-refractivity contribution in [2.45, 2.75) is 123 Å². The van der Waals surface area contributed by atoms with Crippen LogP contribution < -0.4 is 0 Å². The van der Waals surface area contributed by atoms with E-state index in [1.807, 2.05) is 0 Å². The van der Waals surface area contributed by atoms with Crippen molar-refractivity contribution in [3.05, 3.63) is 0 Å². The number of hydrogen-bond acceptors (Lipinski definition) is 2. The second-order valence-corrected chi connectivity index (χ2v) is 13.5. The van der Waals surface area contributed by atoms with Crippen molar-refractivity contribution in [3.63, 3.8) is 0 Å². The first kappa shape index (κ1) is 22.5. The summed E-state index contributed by atoms with van der Waals surface area (Å²) in [5.74, 6) is 5.03. The predicted molar refractivity (Wildman–Crippen MR) is 127 cm³/mol. The van der Waals surface area contributed by atoms with Crippen LogP contribution in [0.15, 0.2) is 0 Å². The average molecular weight is 421 g/mol. The highest BCUT2D eigenvalue weighted by atomic mass is 32.1. The maximum Gasteiger partial charge on any atom is 0.0543 e. The third-order valence-electron chi connectivity index (χ3n) is 11.1. The summed E-state index contributed by atoms with van der Waals surface area (Å²) in [7, 11) is 0. The molecule has 1 N–H and O–H groups in total. The topological polar surface area (TPSA) is 20.2 Å². The molecule has 0 aromatic carbocycles. The molecule has 0 aromatic heterocycles. The summed E-state index contributed by atoms with van der Waals surface area (Å²) in [4.78, 5) is 0. The standard InChI is InChI=1S/C27H48OS/c1-18(2)7-6-8-19(3)27(29)16-13-24-22-10-9-20-17-21(28)11-14-25(20,4)23(22)12-15-26(24,27)5/h18-24,28-29H,6-17H2,1-5H3/t19-,20+,21-,22-,23+,24+,25+,26+,27+/m1/s1. The van der Waals surface area contributed by atoms with Crippen LogP contribution in [0.25, 0.3) is 0 Å². The molecule has 0 saturated heterocycles. The van der Waals surface area contributed by atoms with Gasteiger partial charge in [0.2, 0.25) is 0 Å². The molecule has 0 radical (unpaired) electrons. The van der Waals surface area contributed by atoms with Gasteiger partial charge in [0, 0.05) is 4.75 Å². The van der Waals surface area contributed by atoms with Gasteiger partial charge in [-0.1, -0.05) is 47.5 Å². The Labute approximate surface area is 186 Å². The van der Waals surface area contributed by atoms with Gasteiger partial charge in [-0.05, 0) is 111 Å². The molecule has 0 amide bonds. The Balaban J connectivity index is 1.51. The summed E-state index contributed by atoms with van der Waals surface area (Å²) in [6, 6.07) is 0. The lowest BCUT2D eigenvalue weighted by Gasteiger charge is -2.62. The maximum absolute atomic E-state index is 10.3. The molecule has 1 nitrogen and oxygen atoms in total. The second-order valence-electron chi connectivity index (χ2n) is 12.7. The van der Waals surface area contributed by atoms with Crippen LogP contribution >= 0.6 is 12.6 Å². The molecule has 4 aliphatic rings. The quantitative estimate of drug-likeness (QED) is 0.441. The fourth-order valence-electron chi connectivity index (χ4n) is 9.17. The lowest BCUT2D eigenvalue weighted by Crippen LogP contribution is -2.56. The summed E-state index contributed by atoms with van der Waals surface area (Å²) in [6.45, 7) is 12.5. The molecular weight excluding hydrogens is 372 g/mol. The SMILES string of the molecule is CC(C)CCC[C@@H](C)[C@@]1(S)CC[C@H]2[C@@H]3CC[C@H]4C[C@H](O)CC[C@]4(C)[C@H]3CC[C@@]21C. The molecule has 0 spiro atoms. The van der Waals surface area contributed by atoms with Crippen LogP contribution in [0.3, 0.4) is 0 Å². The lowest BCUT2D eigenvalue weighted by atomic mass is 9.44. The molecule has 0 bridgehead atoms. The summed E-state index contributed by atoms with van der Waals surface area (Å²) >= 11 is 5.56. The van der Waals surface area contributed by atoms with E-state index in [2.05, 4.69) is 34.6 Å². The molecule has 4 rings (SSSR count). The average Bonchev–Trinajstić information content (AvgIpc) is 2.94. The number of fused-ring (bicyclic) bond motifs is 5. The Morgan fingerprint density at radius 1 is 0.897 bits per heavy atom. The van der Waals surface area contributed by atoms with E-state index in [9.17, 15) is 5.11 Å². The fourth-order valence-corrected chi connectivity index (χ4v) is 9.70. The summed E-state index contributed by atoms with van der Waals surface area (Å²) in [6.07, 6.45) is 15.8. The Kier molecular flexibility index (Phi) is 6.22. The first-order chi connectivity index (χ1) is 13.6. The molecule has 4 aliphatic carbocycles.